The molecule has 0 rings (SSSR count). The van der Waals surface area contributed by atoms with Gasteiger partial charge in [0.1, 0.15) is 0 Å². The summed E-state index contributed by atoms with van der Waals surface area (Å²) in [6.07, 6.45) is 1.96. The van der Waals surface area contributed by atoms with Crippen molar-refractivity contribution in [1.29, 1.82) is 0 Å². The van der Waals surface area contributed by atoms with Crippen LogP contribution in [0.15, 0.2) is 0 Å². The first-order valence-corrected chi connectivity index (χ1v) is 3.88. The second-order valence-electron chi connectivity index (χ2n) is 3.04. The van der Waals surface area contributed by atoms with E-state index >= 15 is 0 Å². The minimum Gasteiger partial charge on any atom is -0.369 e. The third-order valence-electron chi connectivity index (χ3n) is 1.77. The van der Waals surface area contributed by atoms with Gasteiger partial charge in [0.15, 0.2) is 0 Å². The highest BCUT2D eigenvalue weighted by Crippen LogP contribution is 2.15. The van der Waals surface area contributed by atoms with Gasteiger partial charge >= 0.3 is 0 Å². The highest BCUT2D eigenvalue weighted by atomic mass is 16.1. The number of rotatable bonds is 4. The van der Waals surface area contributed by atoms with Gasteiger partial charge in [-0.1, -0.05) is 27.2 Å². The van der Waals surface area contributed by atoms with Gasteiger partial charge in [-0.25, -0.2) is 0 Å². The van der Waals surface area contributed by atoms with Gasteiger partial charge in [-0.3, -0.25) is 4.79 Å². The van der Waals surface area contributed by atoms with E-state index in [0.29, 0.717) is 5.92 Å². The van der Waals surface area contributed by atoms with Gasteiger partial charge in [0, 0.05) is 5.92 Å². The maximum absolute atomic E-state index is 10.8. The van der Waals surface area contributed by atoms with Crippen LogP contribution in [0.2, 0.25) is 0 Å². The summed E-state index contributed by atoms with van der Waals surface area (Å²) in [5, 5.41) is 0. The molecule has 0 fully saturated rings. The van der Waals surface area contributed by atoms with Crippen molar-refractivity contribution >= 4 is 5.91 Å². The average Bonchev–Trinajstić information content (AvgIpc) is 1.81. The van der Waals surface area contributed by atoms with Crippen LogP contribution in [0.1, 0.15) is 33.6 Å². The van der Waals surface area contributed by atoms with Crippen LogP contribution in [0, 0.1) is 11.8 Å². The second-order valence-corrected chi connectivity index (χ2v) is 3.04. The lowest BCUT2D eigenvalue weighted by molar-refractivity contribution is -0.123. The molecule has 0 saturated heterocycles. The Labute approximate surface area is 62.8 Å². The van der Waals surface area contributed by atoms with E-state index in [2.05, 4.69) is 6.92 Å². The molecule has 0 saturated carbocycles. The lowest BCUT2D eigenvalue weighted by Gasteiger charge is -2.15. The molecule has 0 aliphatic rings. The van der Waals surface area contributed by atoms with Crippen LogP contribution in [0.4, 0.5) is 0 Å². The minimum atomic E-state index is -0.156. The number of primary amides is 1. The number of nitrogens with two attached hydrogens (primary N) is 1. The van der Waals surface area contributed by atoms with Crippen LogP contribution in [0.5, 0.6) is 0 Å². The zero-order valence-corrected chi connectivity index (χ0v) is 7.05. The average molecular weight is 143 g/mol. The first kappa shape index (κ1) is 9.47. The molecule has 60 valence electrons. The Morgan fingerprint density at radius 1 is 1.50 bits per heavy atom. The molecule has 0 spiro atoms. The van der Waals surface area contributed by atoms with E-state index in [-0.39, 0.29) is 11.8 Å². The molecule has 1 amide bonds. The van der Waals surface area contributed by atoms with Crippen LogP contribution in [-0.4, -0.2) is 5.91 Å². The molecular formula is C8H17NO. The molecule has 0 radical (unpaired) electrons. The monoisotopic (exact) mass is 143 g/mol. The fourth-order valence-electron chi connectivity index (χ4n) is 1.12. The van der Waals surface area contributed by atoms with Crippen molar-refractivity contribution in [2.45, 2.75) is 33.6 Å². The summed E-state index contributed by atoms with van der Waals surface area (Å²) in [5.74, 6) is 0.305. The van der Waals surface area contributed by atoms with E-state index < -0.39 is 0 Å². The first-order chi connectivity index (χ1) is 4.59. The maximum atomic E-state index is 10.8. The zero-order valence-electron chi connectivity index (χ0n) is 7.05. The van der Waals surface area contributed by atoms with Crippen molar-refractivity contribution in [2.75, 3.05) is 0 Å². The minimum absolute atomic E-state index is 0.0741. The van der Waals surface area contributed by atoms with E-state index in [0.717, 1.165) is 12.8 Å². The second kappa shape index (κ2) is 4.31. The standard InChI is InChI=1S/C8H17NO/c1-4-5-7(6(2)3)8(9)10/h6-7H,4-5H2,1-3H3,(H2,9,10)/t7-/m1/s1. The largest absolute Gasteiger partial charge is 0.369 e. The molecule has 0 aromatic rings. The highest BCUT2D eigenvalue weighted by Gasteiger charge is 2.17. The Morgan fingerprint density at radius 3 is 2.10 bits per heavy atom. The normalized spacial score (nSPS) is 13.6. The van der Waals surface area contributed by atoms with Gasteiger partial charge in [-0.15, -0.1) is 0 Å². The SMILES string of the molecule is CCC[C@@H](C(N)=O)C(C)C. The van der Waals surface area contributed by atoms with E-state index in [1.165, 1.54) is 0 Å². The van der Waals surface area contributed by atoms with Crippen LogP contribution in [0.25, 0.3) is 0 Å². The van der Waals surface area contributed by atoms with E-state index in [1.54, 1.807) is 0 Å². The molecule has 10 heavy (non-hydrogen) atoms. The molecule has 0 heterocycles. The van der Waals surface area contributed by atoms with Gasteiger partial charge < -0.3 is 5.73 Å². The predicted molar refractivity (Wildman–Crippen MR) is 42.4 cm³/mol. The Balaban J connectivity index is 3.85. The third-order valence-corrected chi connectivity index (χ3v) is 1.77. The maximum Gasteiger partial charge on any atom is 0.220 e. The topological polar surface area (TPSA) is 43.1 Å². The van der Waals surface area contributed by atoms with E-state index in [9.17, 15) is 4.79 Å². The van der Waals surface area contributed by atoms with Crippen LogP contribution in [0.3, 0.4) is 0 Å². The molecule has 1 atom stereocenters. The van der Waals surface area contributed by atoms with E-state index in [1.807, 2.05) is 13.8 Å². The molecule has 0 aliphatic carbocycles. The Bertz CT molecular complexity index is 110. The summed E-state index contributed by atoms with van der Waals surface area (Å²) in [6.45, 7) is 6.13. The highest BCUT2D eigenvalue weighted by molar-refractivity contribution is 5.76. The van der Waals surface area contributed by atoms with Gasteiger partial charge in [0.05, 0.1) is 0 Å². The van der Waals surface area contributed by atoms with Gasteiger partial charge in [-0.2, -0.15) is 0 Å². The number of hydrogen-bond acceptors (Lipinski definition) is 1. The molecule has 2 heteroatoms. The molecule has 0 bridgehead atoms. The van der Waals surface area contributed by atoms with Crippen LogP contribution >= 0.6 is 0 Å². The van der Waals surface area contributed by atoms with Crippen LogP contribution < -0.4 is 5.73 Å². The molecular weight excluding hydrogens is 126 g/mol. The number of carbonyl (C=O) groups excluding carboxylic acids is 1. The van der Waals surface area contributed by atoms with Crippen LogP contribution in [-0.2, 0) is 4.79 Å². The zero-order chi connectivity index (χ0) is 8.15. The molecule has 0 aliphatic heterocycles. The Morgan fingerprint density at radius 2 is 2.00 bits per heavy atom. The Hall–Kier alpha value is -0.530. The van der Waals surface area contributed by atoms with Crippen molar-refractivity contribution in [1.82, 2.24) is 0 Å². The molecule has 2 N–H and O–H groups in total. The fourth-order valence-corrected chi connectivity index (χ4v) is 1.12. The van der Waals surface area contributed by atoms with Crippen molar-refractivity contribution in [3.05, 3.63) is 0 Å². The summed E-state index contributed by atoms with van der Waals surface area (Å²) in [7, 11) is 0. The molecule has 2 nitrogen and oxygen atoms in total. The summed E-state index contributed by atoms with van der Waals surface area (Å²) in [6, 6.07) is 0. The number of hydrogen-bond donors (Lipinski definition) is 1. The Kier molecular flexibility index (Phi) is 4.08. The fraction of sp³-hybridized carbons (Fsp3) is 0.875. The van der Waals surface area contributed by atoms with Crippen molar-refractivity contribution in [3.8, 4) is 0 Å². The van der Waals surface area contributed by atoms with Crippen molar-refractivity contribution in [2.24, 2.45) is 17.6 Å². The lowest BCUT2D eigenvalue weighted by atomic mass is 9.91. The smallest absolute Gasteiger partial charge is 0.220 e. The van der Waals surface area contributed by atoms with Gasteiger partial charge in [0.25, 0.3) is 0 Å². The van der Waals surface area contributed by atoms with E-state index in [4.69, 9.17) is 5.73 Å². The first-order valence-electron chi connectivity index (χ1n) is 3.88. The summed E-state index contributed by atoms with van der Waals surface area (Å²) in [4.78, 5) is 10.8. The summed E-state index contributed by atoms with van der Waals surface area (Å²) in [5.41, 5.74) is 5.18. The predicted octanol–water partition coefficient (Wildman–Crippen LogP) is 1.54. The molecule has 0 aromatic carbocycles. The quantitative estimate of drug-likeness (QED) is 0.637. The van der Waals surface area contributed by atoms with Crippen molar-refractivity contribution in [3.63, 3.8) is 0 Å². The molecule has 0 aromatic heterocycles. The third kappa shape index (κ3) is 2.85. The van der Waals surface area contributed by atoms with Gasteiger partial charge in [0.2, 0.25) is 5.91 Å². The summed E-state index contributed by atoms with van der Waals surface area (Å²) < 4.78 is 0. The number of amides is 1. The van der Waals surface area contributed by atoms with Crippen molar-refractivity contribution < 1.29 is 4.79 Å². The summed E-state index contributed by atoms with van der Waals surface area (Å²) >= 11 is 0. The molecule has 0 unspecified atom stereocenters. The lowest BCUT2D eigenvalue weighted by Crippen LogP contribution is -2.27. The van der Waals surface area contributed by atoms with Gasteiger partial charge in [-0.05, 0) is 12.3 Å². The number of carbonyl (C=O) groups is 1.